The summed E-state index contributed by atoms with van der Waals surface area (Å²) in [4.78, 5) is 0.164. The van der Waals surface area contributed by atoms with Crippen LogP contribution in [0, 0.1) is 6.92 Å². The van der Waals surface area contributed by atoms with Crippen LogP contribution in [0.15, 0.2) is 23.1 Å². The summed E-state index contributed by atoms with van der Waals surface area (Å²) >= 11 is 0. The largest absolute Gasteiger partial charge is 0.398 e. The van der Waals surface area contributed by atoms with Gasteiger partial charge in [0.15, 0.2) is 0 Å². The maximum absolute atomic E-state index is 12.0. The van der Waals surface area contributed by atoms with Gasteiger partial charge in [-0.1, -0.05) is 12.1 Å². The number of benzene rings is 1. The van der Waals surface area contributed by atoms with E-state index in [0.29, 0.717) is 25.1 Å². The first-order valence-corrected chi connectivity index (χ1v) is 6.81. The maximum Gasteiger partial charge on any atom is 0.242 e. The molecule has 0 heterocycles. The van der Waals surface area contributed by atoms with Crippen molar-refractivity contribution in [1.29, 1.82) is 0 Å². The highest BCUT2D eigenvalue weighted by molar-refractivity contribution is 7.89. The minimum atomic E-state index is -3.53. The van der Waals surface area contributed by atoms with E-state index in [1.807, 2.05) is 0 Å². The van der Waals surface area contributed by atoms with Crippen molar-refractivity contribution in [3.63, 3.8) is 0 Å². The first kappa shape index (κ1) is 14.0. The topological polar surface area (TPSA) is 81.4 Å². The van der Waals surface area contributed by atoms with E-state index < -0.39 is 10.0 Å². The minimum Gasteiger partial charge on any atom is -0.398 e. The van der Waals surface area contributed by atoms with Gasteiger partial charge < -0.3 is 10.5 Å². The number of hydrogen-bond acceptors (Lipinski definition) is 4. The Morgan fingerprint density at radius 3 is 2.71 bits per heavy atom. The summed E-state index contributed by atoms with van der Waals surface area (Å²) in [5, 5.41) is 0. The zero-order valence-electron chi connectivity index (χ0n) is 10.1. The summed E-state index contributed by atoms with van der Waals surface area (Å²) in [6, 6.07) is 5.03. The Hall–Kier alpha value is -1.11. The van der Waals surface area contributed by atoms with E-state index in [-0.39, 0.29) is 10.6 Å². The first-order valence-electron chi connectivity index (χ1n) is 5.32. The van der Waals surface area contributed by atoms with Gasteiger partial charge in [-0.05, 0) is 25.0 Å². The van der Waals surface area contributed by atoms with E-state index in [4.69, 9.17) is 10.5 Å². The van der Waals surface area contributed by atoms with E-state index in [2.05, 4.69) is 4.72 Å². The van der Waals surface area contributed by atoms with Crippen molar-refractivity contribution in [3.8, 4) is 0 Å². The summed E-state index contributed by atoms with van der Waals surface area (Å²) in [6.07, 6.45) is 0.627. The van der Waals surface area contributed by atoms with Crippen molar-refractivity contribution >= 4 is 15.7 Å². The highest BCUT2D eigenvalue weighted by Crippen LogP contribution is 2.21. The lowest BCUT2D eigenvalue weighted by Gasteiger charge is -2.11. The second-order valence-electron chi connectivity index (χ2n) is 3.74. The molecule has 6 heteroatoms. The Morgan fingerprint density at radius 1 is 1.41 bits per heavy atom. The molecule has 0 aliphatic rings. The molecule has 0 aromatic heterocycles. The Bertz CT molecular complexity index is 451. The second-order valence-corrected chi connectivity index (χ2v) is 5.44. The summed E-state index contributed by atoms with van der Waals surface area (Å²) in [5.74, 6) is 0. The van der Waals surface area contributed by atoms with E-state index in [1.54, 1.807) is 32.2 Å². The lowest BCUT2D eigenvalue weighted by Crippen LogP contribution is -2.27. The van der Waals surface area contributed by atoms with E-state index in [0.717, 1.165) is 0 Å². The standard InChI is InChI=1S/C11H18N2O3S/c1-9-5-3-6-10(12)11(9)17(14,15)13-7-4-8-16-2/h3,5-6,13H,4,7-8,12H2,1-2H3. The lowest BCUT2D eigenvalue weighted by molar-refractivity contribution is 0.196. The van der Waals surface area contributed by atoms with Gasteiger partial charge in [-0.3, -0.25) is 0 Å². The summed E-state index contributed by atoms with van der Waals surface area (Å²) in [7, 11) is -1.96. The monoisotopic (exact) mass is 258 g/mol. The van der Waals surface area contributed by atoms with E-state index >= 15 is 0 Å². The molecule has 0 unspecified atom stereocenters. The quantitative estimate of drug-likeness (QED) is 0.586. The summed E-state index contributed by atoms with van der Waals surface area (Å²) in [5.41, 5.74) is 6.60. The zero-order valence-corrected chi connectivity index (χ0v) is 10.9. The molecule has 0 amide bonds. The van der Waals surface area contributed by atoms with Crippen LogP contribution in [0.25, 0.3) is 0 Å². The predicted molar refractivity (Wildman–Crippen MR) is 67.3 cm³/mol. The van der Waals surface area contributed by atoms with Gasteiger partial charge in [0, 0.05) is 20.3 Å². The van der Waals surface area contributed by atoms with Crippen LogP contribution in [0.5, 0.6) is 0 Å². The molecule has 0 saturated heterocycles. The lowest BCUT2D eigenvalue weighted by atomic mass is 10.2. The van der Waals surface area contributed by atoms with Crippen LogP contribution in [0.3, 0.4) is 0 Å². The van der Waals surface area contributed by atoms with Crippen molar-refractivity contribution in [2.45, 2.75) is 18.2 Å². The number of rotatable bonds is 6. The minimum absolute atomic E-state index is 0.164. The van der Waals surface area contributed by atoms with Gasteiger partial charge in [-0.25, -0.2) is 13.1 Å². The predicted octanol–water partition coefficient (Wildman–Crippen LogP) is 0.892. The highest BCUT2D eigenvalue weighted by Gasteiger charge is 2.18. The molecule has 0 aliphatic heterocycles. The van der Waals surface area contributed by atoms with Gasteiger partial charge in [-0.2, -0.15) is 0 Å². The van der Waals surface area contributed by atoms with Gasteiger partial charge in [0.25, 0.3) is 0 Å². The smallest absolute Gasteiger partial charge is 0.242 e. The van der Waals surface area contributed by atoms with Crippen molar-refractivity contribution < 1.29 is 13.2 Å². The molecule has 0 aliphatic carbocycles. The second kappa shape index (κ2) is 6.00. The number of ether oxygens (including phenoxy) is 1. The Kier molecular flexibility index (Phi) is 4.92. The van der Waals surface area contributed by atoms with Crippen molar-refractivity contribution in [2.24, 2.45) is 0 Å². The number of sulfonamides is 1. The van der Waals surface area contributed by atoms with E-state index in [1.165, 1.54) is 0 Å². The molecule has 0 saturated carbocycles. The Morgan fingerprint density at radius 2 is 2.12 bits per heavy atom. The average Bonchev–Trinajstić information content (AvgIpc) is 2.24. The number of nitrogens with one attached hydrogen (secondary N) is 1. The third kappa shape index (κ3) is 3.69. The van der Waals surface area contributed by atoms with Crippen LogP contribution in [0.1, 0.15) is 12.0 Å². The van der Waals surface area contributed by atoms with Gasteiger partial charge >= 0.3 is 0 Å². The number of nitrogens with two attached hydrogens (primary N) is 1. The molecule has 1 aromatic carbocycles. The van der Waals surface area contributed by atoms with Crippen LogP contribution in [0.2, 0.25) is 0 Å². The maximum atomic E-state index is 12.0. The molecule has 3 N–H and O–H groups in total. The van der Waals surface area contributed by atoms with Crippen LogP contribution in [-0.4, -0.2) is 28.7 Å². The molecule has 0 radical (unpaired) electrons. The normalized spacial score (nSPS) is 11.6. The van der Waals surface area contributed by atoms with Crippen LogP contribution in [0.4, 0.5) is 5.69 Å². The van der Waals surface area contributed by atoms with Crippen molar-refractivity contribution in [1.82, 2.24) is 4.72 Å². The first-order chi connectivity index (χ1) is 7.99. The Balaban J connectivity index is 2.83. The fourth-order valence-electron chi connectivity index (χ4n) is 1.54. The number of methoxy groups -OCH3 is 1. The Labute approximate surface area is 102 Å². The third-order valence-corrected chi connectivity index (χ3v) is 4.01. The molecule has 0 fully saturated rings. The third-order valence-electron chi connectivity index (χ3n) is 2.33. The van der Waals surface area contributed by atoms with Gasteiger partial charge in [0.2, 0.25) is 10.0 Å². The number of anilines is 1. The van der Waals surface area contributed by atoms with Gasteiger partial charge in [0.05, 0.1) is 5.69 Å². The SMILES string of the molecule is COCCCNS(=O)(=O)c1c(C)cccc1N. The number of nitrogen functional groups attached to an aromatic ring is 1. The van der Waals surface area contributed by atoms with Crippen molar-refractivity contribution in [3.05, 3.63) is 23.8 Å². The van der Waals surface area contributed by atoms with Crippen LogP contribution < -0.4 is 10.5 Å². The van der Waals surface area contributed by atoms with Crippen LogP contribution >= 0.6 is 0 Å². The molecular weight excluding hydrogens is 240 g/mol. The molecule has 0 bridgehead atoms. The van der Waals surface area contributed by atoms with Gasteiger partial charge in [-0.15, -0.1) is 0 Å². The molecule has 1 aromatic rings. The molecular formula is C11H18N2O3S. The molecule has 5 nitrogen and oxygen atoms in total. The van der Waals surface area contributed by atoms with Crippen molar-refractivity contribution in [2.75, 3.05) is 26.0 Å². The average molecular weight is 258 g/mol. The number of hydrogen-bond donors (Lipinski definition) is 2. The molecule has 0 atom stereocenters. The molecule has 96 valence electrons. The van der Waals surface area contributed by atoms with E-state index in [9.17, 15) is 8.42 Å². The highest BCUT2D eigenvalue weighted by atomic mass is 32.2. The number of aryl methyl sites for hydroxylation is 1. The fourth-order valence-corrected chi connectivity index (χ4v) is 2.97. The summed E-state index contributed by atoms with van der Waals surface area (Å²) < 4.78 is 31.4. The molecule has 0 spiro atoms. The zero-order chi connectivity index (χ0) is 12.9. The molecule has 1 rings (SSSR count). The molecule has 17 heavy (non-hydrogen) atoms. The van der Waals surface area contributed by atoms with Crippen LogP contribution in [-0.2, 0) is 14.8 Å². The van der Waals surface area contributed by atoms with Gasteiger partial charge in [0.1, 0.15) is 4.90 Å². The fraction of sp³-hybridized carbons (Fsp3) is 0.455. The summed E-state index contributed by atoms with van der Waals surface area (Å²) in [6.45, 7) is 2.58.